The second-order valence-electron chi connectivity index (χ2n) is 8.22. The molecule has 1 amide bonds. The Bertz CT molecular complexity index is 791. The van der Waals surface area contributed by atoms with Crippen molar-refractivity contribution >= 4 is 22.7 Å². The molecule has 2 atom stereocenters. The van der Waals surface area contributed by atoms with Crippen molar-refractivity contribution in [1.29, 1.82) is 0 Å². The maximum absolute atomic E-state index is 13.1. The maximum atomic E-state index is 13.1. The molecule has 0 spiro atoms. The third-order valence-electron chi connectivity index (χ3n) is 6.45. The van der Waals surface area contributed by atoms with Crippen molar-refractivity contribution in [2.45, 2.75) is 53.0 Å². The molecule has 1 aromatic rings. The van der Waals surface area contributed by atoms with Crippen LogP contribution in [-0.4, -0.2) is 55.0 Å². The Balaban J connectivity index is 2.03. The van der Waals surface area contributed by atoms with E-state index in [1.807, 2.05) is 4.90 Å². The van der Waals surface area contributed by atoms with E-state index in [-0.39, 0.29) is 11.8 Å². The van der Waals surface area contributed by atoms with Gasteiger partial charge in [-0.15, -0.1) is 0 Å². The average molecular weight is 396 g/mol. The third kappa shape index (κ3) is 4.28. The Labute approximate surface area is 176 Å². The van der Waals surface area contributed by atoms with Crippen LogP contribution in [0.3, 0.4) is 0 Å². The van der Waals surface area contributed by atoms with Crippen LogP contribution in [0.2, 0.25) is 0 Å². The molecule has 2 aliphatic rings. The van der Waals surface area contributed by atoms with Gasteiger partial charge in [0.15, 0.2) is 0 Å². The summed E-state index contributed by atoms with van der Waals surface area (Å²) in [4.78, 5) is 17.4. The molecular weight excluding hydrogens is 358 g/mol. The van der Waals surface area contributed by atoms with E-state index in [1.54, 1.807) is 0 Å². The predicted molar refractivity (Wildman–Crippen MR) is 124 cm³/mol. The van der Waals surface area contributed by atoms with Gasteiger partial charge in [-0.1, -0.05) is 37.6 Å². The molecule has 1 aliphatic carbocycles. The van der Waals surface area contributed by atoms with Crippen molar-refractivity contribution in [3.63, 3.8) is 0 Å². The first-order chi connectivity index (χ1) is 14.0. The second-order valence-corrected chi connectivity index (χ2v) is 8.22. The molecule has 0 aromatic heterocycles. The zero-order chi connectivity index (χ0) is 21.0. The minimum absolute atomic E-state index is 0.0668. The van der Waals surface area contributed by atoms with Crippen LogP contribution in [-0.2, 0) is 4.79 Å². The van der Waals surface area contributed by atoms with Gasteiger partial charge in [0.1, 0.15) is 0 Å². The summed E-state index contributed by atoms with van der Waals surface area (Å²) < 4.78 is 0. The molecular formula is C25H37N3O. The van der Waals surface area contributed by atoms with E-state index in [1.165, 1.54) is 40.8 Å². The minimum Gasteiger partial charge on any atom is -0.385 e. The number of likely N-dealkylation sites (N-methyl/N-ethyl adjacent to an activating group) is 1. The number of unbranched alkanes of at least 4 members (excludes halogenated alkanes) is 1. The molecule has 3 rings (SSSR count). The standard InChI is InChI=1S/C25H37N3O/c1-6-10-14-26-22-13-11-12-20-21-15-19(25(29)28(8-3)9-4)17-27(5)23(21)16-18(7-2)24(20)22/h7,11-13,15,19,23,26H,6,8-10,14,16-17H2,1-5H3/b18-7-/t19-,23-/m1/s1. The van der Waals surface area contributed by atoms with Gasteiger partial charge in [-0.05, 0) is 63.4 Å². The van der Waals surface area contributed by atoms with Crippen LogP contribution in [0, 0.1) is 5.92 Å². The molecule has 29 heavy (non-hydrogen) atoms. The van der Waals surface area contributed by atoms with Crippen molar-refractivity contribution in [3.05, 3.63) is 41.5 Å². The van der Waals surface area contributed by atoms with Crippen molar-refractivity contribution in [2.24, 2.45) is 5.92 Å². The fraction of sp³-hybridized carbons (Fsp3) is 0.560. The van der Waals surface area contributed by atoms with Crippen LogP contribution in [0.25, 0.3) is 11.1 Å². The van der Waals surface area contributed by atoms with Crippen LogP contribution in [0.15, 0.2) is 30.4 Å². The minimum atomic E-state index is -0.0668. The van der Waals surface area contributed by atoms with Crippen molar-refractivity contribution in [1.82, 2.24) is 9.80 Å². The quantitative estimate of drug-likeness (QED) is 0.668. The van der Waals surface area contributed by atoms with E-state index >= 15 is 0 Å². The number of hydrogen-bond acceptors (Lipinski definition) is 3. The summed E-state index contributed by atoms with van der Waals surface area (Å²) in [5.41, 5.74) is 6.58. The topological polar surface area (TPSA) is 35.6 Å². The van der Waals surface area contributed by atoms with Gasteiger partial charge in [0.2, 0.25) is 5.91 Å². The lowest BCUT2D eigenvalue weighted by molar-refractivity contribution is -0.134. The summed E-state index contributed by atoms with van der Waals surface area (Å²) in [6.07, 6.45) is 7.90. The summed E-state index contributed by atoms with van der Waals surface area (Å²) in [5.74, 6) is 0.186. The Morgan fingerprint density at radius 2 is 2.03 bits per heavy atom. The summed E-state index contributed by atoms with van der Waals surface area (Å²) in [6, 6.07) is 6.93. The number of benzene rings is 1. The van der Waals surface area contributed by atoms with Crippen molar-refractivity contribution in [3.8, 4) is 0 Å². The number of carbonyl (C=O) groups excluding carboxylic acids is 1. The van der Waals surface area contributed by atoms with E-state index in [2.05, 4.69) is 75.3 Å². The van der Waals surface area contributed by atoms with Crippen LogP contribution >= 0.6 is 0 Å². The van der Waals surface area contributed by atoms with Gasteiger partial charge in [-0.25, -0.2) is 0 Å². The van der Waals surface area contributed by atoms with E-state index < -0.39 is 0 Å². The number of nitrogens with zero attached hydrogens (tertiary/aromatic N) is 2. The highest BCUT2D eigenvalue weighted by Crippen LogP contribution is 2.45. The monoisotopic (exact) mass is 395 g/mol. The van der Waals surface area contributed by atoms with Gasteiger partial charge in [-0.3, -0.25) is 9.69 Å². The molecule has 4 heteroatoms. The van der Waals surface area contributed by atoms with Crippen molar-refractivity contribution < 1.29 is 4.79 Å². The van der Waals surface area contributed by atoms with Gasteiger partial charge in [-0.2, -0.15) is 0 Å². The number of hydrogen-bond donors (Lipinski definition) is 1. The summed E-state index contributed by atoms with van der Waals surface area (Å²) in [5, 5.41) is 3.66. The smallest absolute Gasteiger partial charge is 0.230 e. The second kappa shape index (κ2) is 9.62. The molecule has 0 bridgehead atoms. The number of rotatable bonds is 7. The first-order valence-electron chi connectivity index (χ1n) is 11.3. The number of amides is 1. The van der Waals surface area contributed by atoms with Gasteiger partial charge in [0.05, 0.1) is 5.92 Å². The molecule has 1 N–H and O–H groups in total. The van der Waals surface area contributed by atoms with Gasteiger partial charge in [0.25, 0.3) is 0 Å². The SMILES string of the molecule is C/C=C1/C[C@@H]2C(=C[C@@H](C(=O)N(CC)CC)CN2C)c2cccc(NCCCC)c21. The van der Waals surface area contributed by atoms with Gasteiger partial charge >= 0.3 is 0 Å². The normalized spacial score (nSPS) is 22.7. The van der Waals surface area contributed by atoms with Gasteiger partial charge in [0, 0.05) is 43.5 Å². The largest absolute Gasteiger partial charge is 0.385 e. The molecule has 4 nitrogen and oxygen atoms in total. The fourth-order valence-corrected chi connectivity index (χ4v) is 4.77. The summed E-state index contributed by atoms with van der Waals surface area (Å²) in [7, 11) is 2.17. The number of nitrogens with one attached hydrogen (secondary N) is 1. The van der Waals surface area contributed by atoms with Crippen LogP contribution < -0.4 is 5.32 Å². The van der Waals surface area contributed by atoms with Crippen molar-refractivity contribution in [2.75, 3.05) is 38.5 Å². The molecule has 1 heterocycles. The molecule has 1 aliphatic heterocycles. The van der Waals surface area contributed by atoms with Crippen LogP contribution in [0.5, 0.6) is 0 Å². The first kappa shape index (κ1) is 21.6. The Morgan fingerprint density at radius 3 is 2.69 bits per heavy atom. The molecule has 0 unspecified atom stereocenters. The fourth-order valence-electron chi connectivity index (χ4n) is 4.77. The zero-order valence-corrected chi connectivity index (χ0v) is 18.8. The molecule has 158 valence electrons. The molecule has 0 radical (unpaired) electrons. The van der Waals surface area contributed by atoms with E-state index in [9.17, 15) is 4.79 Å². The lowest BCUT2D eigenvalue weighted by Gasteiger charge is -2.42. The van der Waals surface area contributed by atoms with Gasteiger partial charge < -0.3 is 10.2 Å². The molecule has 0 saturated carbocycles. The predicted octanol–water partition coefficient (Wildman–Crippen LogP) is 4.89. The first-order valence-corrected chi connectivity index (χ1v) is 11.3. The lowest BCUT2D eigenvalue weighted by atomic mass is 9.76. The highest BCUT2D eigenvalue weighted by molar-refractivity contribution is 5.94. The number of allylic oxidation sites excluding steroid dienone is 1. The molecule has 0 fully saturated rings. The highest BCUT2D eigenvalue weighted by Gasteiger charge is 2.37. The number of carbonyl (C=O) groups is 1. The average Bonchev–Trinajstić information content (AvgIpc) is 2.74. The van der Waals surface area contributed by atoms with Crippen LogP contribution in [0.4, 0.5) is 5.69 Å². The maximum Gasteiger partial charge on any atom is 0.230 e. The number of fused-ring (bicyclic) bond motifs is 3. The molecule has 0 saturated heterocycles. The Kier molecular flexibility index (Phi) is 7.18. The summed E-state index contributed by atoms with van der Waals surface area (Å²) >= 11 is 0. The van der Waals surface area contributed by atoms with E-state index in [0.717, 1.165) is 32.6 Å². The highest BCUT2D eigenvalue weighted by atomic mass is 16.2. The third-order valence-corrected chi connectivity index (χ3v) is 6.45. The van der Waals surface area contributed by atoms with E-state index in [4.69, 9.17) is 0 Å². The van der Waals surface area contributed by atoms with E-state index in [0.29, 0.717) is 6.04 Å². The Morgan fingerprint density at radius 1 is 1.28 bits per heavy atom. The zero-order valence-electron chi connectivity index (χ0n) is 18.8. The summed E-state index contributed by atoms with van der Waals surface area (Å²) in [6.45, 7) is 11.8. The molecule has 1 aromatic carbocycles. The van der Waals surface area contributed by atoms with Crippen LogP contribution in [0.1, 0.15) is 58.1 Å². The Hall–Kier alpha value is -2.07. The lowest BCUT2D eigenvalue weighted by Crippen LogP contribution is -2.47. The number of anilines is 1.